The monoisotopic (exact) mass is 634 g/mol. The molecule has 2 amide bonds. The Morgan fingerprint density at radius 3 is 2.37 bits per heavy atom. The molecule has 12 heteroatoms. The third-order valence-electron chi connectivity index (χ3n) is 10.6. The number of aliphatic imine (C=N–C) groups is 1. The van der Waals surface area contributed by atoms with E-state index in [0.717, 1.165) is 82.3 Å². The summed E-state index contributed by atoms with van der Waals surface area (Å²) in [7, 11) is -0.350. The van der Waals surface area contributed by atoms with Gasteiger partial charge in [-0.1, -0.05) is 0 Å². The fraction of sp³-hybridized carbons (Fsp3) is 0.839. The van der Waals surface area contributed by atoms with Crippen LogP contribution in [0.3, 0.4) is 0 Å². The first kappa shape index (κ1) is 32.6. The van der Waals surface area contributed by atoms with Crippen LogP contribution in [-0.2, 0) is 14.3 Å². The highest BCUT2D eigenvalue weighted by molar-refractivity contribution is 6.71. The molecule has 10 nitrogen and oxygen atoms in total. The molecule has 4 aliphatic rings. The maximum atomic E-state index is 13.2. The zero-order chi connectivity index (χ0) is 30.7. The van der Waals surface area contributed by atoms with Gasteiger partial charge in [0.05, 0.1) is 12.5 Å². The largest absolute Gasteiger partial charge is 0.432 e. The van der Waals surface area contributed by atoms with Gasteiger partial charge < -0.3 is 24.7 Å². The standard InChI is InChI=1S/C31H51ClN6O4Si/c1-19-36-37-30-26(18-28(39)33-15-16-34-31(40)21-7-12-24(13-8-21)43(3,4)41)35-29(20-5-9-22(32)10-6-20)25-17-23(42-2)11-14-27(25)38(19)30/h20-27,41H,5-18H2,1-4H3,(H,33,39)(H,34,40)/t20?,21?,22?,23?,24?,25?,26-,27?/m0/s1. The second kappa shape index (κ2) is 14.1. The van der Waals surface area contributed by atoms with Crippen molar-refractivity contribution in [3.05, 3.63) is 11.6 Å². The van der Waals surface area contributed by atoms with E-state index in [0.29, 0.717) is 24.5 Å². The first-order valence-corrected chi connectivity index (χ1v) is 19.9. The molecule has 4 atom stereocenters. The van der Waals surface area contributed by atoms with Crippen LogP contribution in [0, 0.1) is 24.7 Å². The average Bonchev–Trinajstić information content (AvgIpc) is 3.31. The van der Waals surface area contributed by atoms with Crippen LogP contribution in [0.4, 0.5) is 0 Å². The summed E-state index contributed by atoms with van der Waals surface area (Å²) in [4.78, 5) is 41.8. The average molecular weight is 635 g/mol. The molecule has 0 radical (unpaired) electrons. The van der Waals surface area contributed by atoms with Gasteiger partial charge in [0, 0.05) is 49.2 Å². The van der Waals surface area contributed by atoms with E-state index in [4.69, 9.17) is 21.3 Å². The minimum Gasteiger partial charge on any atom is -0.432 e. The fourth-order valence-electron chi connectivity index (χ4n) is 8.05. The summed E-state index contributed by atoms with van der Waals surface area (Å²) in [5, 5.41) is 15.2. The fourth-order valence-corrected chi connectivity index (χ4v) is 10.0. The molecule has 0 bridgehead atoms. The van der Waals surface area contributed by atoms with Crippen molar-refractivity contribution in [3.63, 3.8) is 0 Å². The van der Waals surface area contributed by atoms with Gasteiger partial charge in [-0.25, -0.2) is 0 Å². The van der Waals surface area contributed by atoms with E-state index in [2.05, 4.69) is 25.4 Å². The van der Waals surface area contributed by atoms with Crippen LogP contribution in [0.15, 0.2) is 4.99 Å². The number of hydrogen-bond donors (Lipinski definition) is 3. The Hall–Kier alpha value is -1.82. The molecule has 5 rings (SSSR count). The van der Waals surface area contributed by atoms with Crippen LogP contribution in [0.2, 0.25) is 18.6 Å². The second-order valence-corrected chi connectivity index (χ2v) is 18.6. The molecule has 1 aliphatic heterocycles. The number of hydrogen-bond acceptors (Lipinski definition) is 7. The minimum atomic E-state index is -2.15. The number of carbonyl (C=O) groups is 2. The summed E-state index contributed by atoms with van der Waals surface area (Å²) in [5.41, 5.74) is 1.59. The first-order valence-electron chi connectivity index (χ1n) is 16.5. The molecule has 0 aromatic carbocycles. The molecule has 0 spiro atoms. The Bertz CT molecular complexity index is 1160. The third kappa shape index (κ3) is 7.71. The molecule has 3 N–H and O–H groups in total. The normalized spacial score (nSPS) is 33.0. The molecule has 2 heterocycles. The molecular formula is C31H51ClN6O4Si. The predicted molar refractivity (Wildman–Crippen MR) is 170 cm³/mol. The number of amides is 2. The Morgan fingerprint density at radius 2 is 1.70 bits per heavy atom. The molecule has 3 fully saturated rings. The first-order chi connectivity index (χ1) is 20.5. The van der Waals surface area contributed by atoms with Crippen LogP contribution in [0.25, 0.3) is 0 Å². The molecule has 1 aromatic heterocycles. The number of ether oxygens (including phenoxy) is 1. The highest BCUT2D eigenvalue weighted by Gasteiger charge is 2.43. The van der Waals surface area contributed by atoms with Crippen LogP contribution < -0.4 is 10.6 Å². The highest BCUT2D eigenvalue weighted by Crippen LogP contribution is 2.45. The van der Waals surface area contributed by atoms with Gasteiger partial charge in [-0.15, -0.1) is 21.8 Å². The van der Waals surface area contributed by atoms with Gasteiger partial charge in [0.15, 0.2) is 14.1 Å². The number of fused-ring (bicyclic) bond motifs is 3. The van der Waals surface area contributed by atoms with E-state index < -0.39 is 14.4 Å². The number of aromatic nitrogens is 3. The minimum absolute atomic E-state index is 0.00763. The number of nitrogens with one attached hydrogen (secondary N) is 2. The molecule has 1 aromatic rings. The SMILES string of the molecule is COC1CCC2C(C1)C(C1CCC(Cl)CC1)=N[C@@H](CC(=O)NCCNC(=O)C1CCC([Si](C)(C)O)CC1)c1nnc(C)n12. The van der Waals surface area contributed by atoms with Crippen molar-refractivity contribution in [3.8, 4) is 0 Å². The van der Waals surface area contributed by atoms with E-state index in [1.165, 1.54) is 5.71 Å². The van der Waals surface area contributed by atoms with Gasteiger partial charge >= 0.3 is 0 Å². The van der Waals surface area contributed by atoms with Crippen molar-refractivity contribution in [1.29, 1.82) is 0 Å². The molecule has 240 valence electrons. The lowest BCUT2D eigenvalue weighted by atomic mass is 9.72. The molecule has 43 heavy (non-hydrogen) atoms. The molecule has 3 saturated carbocycles. The lowest BCUT2D eigenvalue weighted by Gasteiger charge is -2.39. The maximum Gasteiger partial charge on any atom is 0.223 e. The Morgan fingerprint density at radius 1 is 1.00 bits per heavy atom. The number of methoxy groups -OCH3 is 1. The van der Waals surface area contributed by atoms with E-state index >= 15 is 0 Å². The van der Waals surface area contributed by atoms with E-state index in [1.807, 2.05) is 20.0 Å². The summed E-state index contributed by atoms with van der Waals surface area (Å²) in [5.74, 6) is 2.17. The van der Waals surface area contributed by atoms with Crippen LogP contribution >= 0.6 is 11.6 Å². The van der Waals surface area contributed by atoms with E-state index in [-0.39, 0.29) is 47.6 Å². The van der Waals surface area contributed by atoms with Crippen molar-refractivity contribution in [2.75, 3.05) is 20.2 Å². The Balaban J connectivity index is 1.22. The summed E-state index contributed by atoms with van der Waals surface area (Å²) in [6.45, 7) is 6.73. The van der Waals surface area contributed by atoms with Gasteiger partial charge in [-0.3, -0.25) is 14.6 Å². The van der Waals surface area contributed by atoms with Gasteiger partial charge in [-0.2, -0.15) is 0 Å². The van der Waals surface area contributed by atoms with Gasteiger partial charge in [0.1, 0.15) is 11.9 Å². The van der Waals surface area contributed by atoms with Gasteiger partial charge in [0.2, 0.25) is 11.8 Å². The van der Waals surface area contributed by atoms with Crippen LogP contribution in [0.5, 0.6) is 0 Å². The number of nitrogens with zero attached hydrogens (tertiary/aromatic N) is 4. The summed E-state index contributed by atoms with van der Waals surface area (Å²) < 4.78 is 8.09. The zero-order valence-corrected chi connectivity index (χ0v) is 28.1. The van der Waals surface area contributed by atoms with Crippen LogP contribution in [0.1, 0.15) is 101 Å². The van der Waals surface area contributed by atoms with Crippen molar-refractivity contribution in [2.24, 2.45) is 22.7 Å². The Kier molecular flexibility index (Phi) is 10.7. The van der Waals surface area contributed by atoms with Crippen molar-refractivity contribution >= 4 is 37.4 Å². The van der Waals surface area contributed by atoms with Crippen molar-refractivity contribution < 1.29 is 19.1 Å². The smallest absolute Gasteiger partial charge is 0.223 e. The number of carbonyl (C=O) groups excluding carboxylic acids is 2. The summed E-state index contributed by atoms with van der Waals surface area (Å²) >= 11 is 6.49. The lowest BCUT2D eigenvalue weighted by Crippen LogP contribution is -2.40. The Labute approximate surface area is 262 Å². The lowest BCUT2D eigenvalue weighted by molar-refractivity contribution is -0.126. The molecule has 3 aliphatic carbocycles. The molecule has 0 saturated heterocycles. The zero-order valence-electron chi connectivity index (χ0n) is 26.4. The van der Waals surface area contributed by atoms with Gasteiger partial charge in [-0.05, 0) is 102 Å². The highest BCUT2D eigenvalue weighted by atomic mass is 35.5. The summed E-state index contributed by atoms with van der Waals surface area (Å²) in [6, 6.07) is -0.186. The second-order valence-electron chi connectivity index (χ2n) is 13.9. The number of rotatable bonds is 9. The third-order valence-corrected chi connectivity index (χ3v) is 13.6. The topological polar surface area (TPSA) is 131 Å². The maximum absolute atomic E-state index is 13.2. The number of aryl methyl sites for hydroxylation is 1. The van der Waals surface area contributed by atoms with Crippen molar-refractivity contribution in [2.45, 2.75) is 126 Å². The predicted octanol–water partition coefficient (Wildman–Crippen LogP) is 4.62. The van der Waals surface area contributed by atoms with E-state index in [1.54, 1.807) is 7.11 Å². The van der Waals surface area contributed by atoms with Gasteiger partial charge in [0.25, 0.3) is 0 Å². The quantitative estimate of drug-likeness (QED) is 0.206. The van der Waals surface area contributed by atoms with E-state index in [9.17, 15) is 14.4 Å². The molecular weight excluding hydrogens is 584 g/mol. The molecule has 3 unspecified atom stereocenters. The van der Waals surface area contributed by atoms with Crippen LogP contribution in [-0.4, -0.2) is 77.1 Å². The number of halogens is 1. The van der Waals surface area contributed by atoms with Crippen molar-refractivity contribution in [1.82, 2.24) is 25.4 Å². The number of alkyl halides is 1. The summed E-state index contributed by atoms with van der Waals surface area (Å²) in [6.07, 6.45) is 10.8.